The second-order valence-corrected chi connectivity index (χ2v) is 5.18. The quantitative estimate of drug-likeness (QED) is 0.715. The van der Waals surface area contributed by atoms with Gasteiger partial charge in [0.2, 0.25) is 5.75 Å². The zero-order chi connectivity index (χ0) is 18.7. The highest BCUT2D eigenvalue weighted by molar-refractivity contribution is 5.67. The van der Waals surface area contributed by atoms with Crippen molar-refractivity contribution in [3.63, 3.8) is 0 Å². The van der Waals surface area contributed by atoms with E-state index in [-0.39, 0.29) is 5.75 Å². The van der Waals surface area contributed by atoms with Gasteiger partial charge in [0.25, 0.3) is 0 Å². The van der Waals surface area contributed by atoms with Gasteiger partial charge in [-0.15, -0.1) is 5.10 Å². The molecule has 0 saturated carbocycles. The molecule has 0 spiro atoms. The molecule has 0 unspecified atom stereocenters. The summed E-state index contributed by atoms with van der Waals surface area (Å²) in [7, 11) is 6.10. The van der Waals surface area contributed by atoms with Crippen molar-refractivity contribution in [2.24, 2.45) is 0 Å². The van der Waals surface area contributed by atoms with Crippen molar-refractivity contribution < 1.29 is 24.1 Å². The Morgan fingerprint density at radius 3 is 2.12 bits per heavy atom. The minimum atomic E-state index is -0.00663. The molecule has 1 aromatic heterocycles. The van der Waals surface area contributed by atoms with Crippen molar-refractivity contribution in [2.75, 3.05) is 28.4 Å². The highest BCUT2D eigenvalue weighted by Crippen LogP contribution is 2.40. The van der Waals surface area contributed by atoms with Gasteiger partial charge in [-0.2, -0.15) is 4.68 Å². The van der Waals surface area contributed by atoms with Crippen LogP contribution in [0.5, 0.6) is 28.7 Å². The van der Waals surface area contributed by atoms with Crippen LogP contribution in [-0.2, 0) is 0 Å². The molecule has 0 radical (unpaired) electrons. The maximum atomic E-state index is 10.3. The molecule has 0 bridgehead atoms. The van der Waals surface area contributed by atoms with Gasteiger partial charge in [0.1, 0.15) is 11.5 Å². The van der Waals surface area contributed by atoms with Crippen molar-refractivity contribution in [1.29, 1.82) is 0 Å². The molecule has 0 atom stereocenters. The molecule has 1 N–H and O–H groups in total. The number of aromatic hydroxyl groups is 1. The van der Waals surface area contributed by atoms with E-state index in [1.807, 2.05) is 0 Å². The van der Waals surface area contributed by atoms with E-state index in [2.05, 4.69) is 15.5 Å². The highest BCUT2D eigenvalue weighted by Gasteiger charge is 2.19. The molecule has 136 valence electrons. The second-order valence-electron chi connectivity index (χ2n) is 5.18. The van der Waals surface area contributed by atoms with E-state index in [0.29, 0.717) is 40.1 Å². The van der Waals surface area contributed by atoms with E-state index in [1.165, 1.54) is 39.2 Å². The van der Waals surface area contributed by atoms with E-state index >= 15 is 0 Å². The molecule has 9 heteroatoms. The fourth-order valence-electron chi connectivity index (χ4n) is 2.55. The summed E-state index contributed by atoms with van der Waals surface area (Å²) >= 11 is 0. The Morgan fingerprint density at radius 2 is 1.58 bits per heavy atom. The number of phenols is 1. The van der Waals surface area contributed by atoms with E-state index in [1.54, 1.807) is 24.3 Å². The molecule has 0 aliphatic carbocycles. The third-order valence-electron chi connectivity index (χ3n) is 3.81. The molecule has 2 aromatic carbocycles. The first-order chi connectivity index (χ1) is 12.6. The minimum Gasteiger partial charge on any atom is -0.507 e. The summed E-state index contributed by atoms with van der Waals surface area (Å²) < 4.78 is 22.6. The minimum absolute atomic E-state index is 0.00663. The molecular weight excluding hydrogens is 340 g/mol. The lowest BCUT2D eigenvalue weighted by atomic mass is 10.1. The van der Waals surface area contributed by atoms with Gasteiger partial charge in [0, 0.05) is 18.2 Å². The Morgan fingerprint density at radius 1 is 0.885 bits per heavy atom. The van der Waals surface area contributed by atoms with E-state index in [0.717, 1.165) is 0 Å². The molecule has 0 aliphatic heterocycles. The smallest absolute Gasteiger partial charge is 0.203 e. The summed E-state index contributed by atoms with van der Waals surface area (Å²) in [6, 6.07) is 8.30. The third kappa shape index (κ3) is 2.94. The monoisotopic (exact) mass is 358 g/mol. The summed E-state index contributed by atoms with van der Waals surface area (Å²) in [6.45, 7) is 0. The maximum absolute atomic E-state index is 10.3. The summed E-state index contributed by atoms with van der Waals surface area (Å²) in [5.74, 6) is 2.25. The Balaban J connectivity index is 2.15. The van der Waals surface area contributed by atoms with Crippen LogP contribution in [0.2, 0.25) is 0 Å². The Kier molecular flexibility index (Phi) is 4.78. The Bertz CT molecular complexity index is 900. The SMILES string of the molecule is COc1ccc(-c2nnnn2-c2cc(OC)c(OC)c(OC)c2)c(O)c1. The fourth-order valence-corrected chi connectivity index (χ4v) is 2.55. The van der Waals surface area contributed by atoms with Gasteiger partial charge >= 0.3 is 0 Å². The maximum Gasteiger partial charge on any atom is 0.203 e. The third-order valence-corrected chi connectivity index (χ3v) is 3.81. The first-order valence-electron chi connectivity index (χ1n) is 7.59. The number of nitrogens with zero attached hydrogens (tertiary/aromatic N) is 4. The van der Waals surface area contributed by atoms with Crippen LogP contribution >= 0.6 is 0 Å². The molecule has 26 heavy (non-hydrogen) atoms. The number of aromatic nitrogens is 4. The lowest BCUT2D eigenvalue weighted by Gasteiger charge is -2.14. The fraction of sp³-hybridized carbons (Fsp3) is 0.235. The van der Waals surface area contributed by atoms with Gasteiger partial charge in [-0.25, -0.2) is 0 Å². The predicted octanol–water partition coefficient (Wildman–Crippen LogP) is 2.07. The standard InChI is InChI=1S/C17H18N4O5/c1-23-11-5-6-12(13(22)9-11)17-18-19-20-21(17)10-7-14(24-2)16(26-4)15(8-10)25-3/h5-9,22H,1-4H3. The van der Waals surface area contributed by atoms with Crippen LogP contribution < -0.4 is 18.9 Å². The summed E-state index contributed by atoms with van der Waals surface area (Å²) in [6.07, 6.45) is 0. The average Bonchev–Trinajstić information content (AvgIpc) is 3.15. The van der Waals surface area contributed by atoms with Crippen LogP contribution in [-0.4, -0.2) is 53.8 Å². The van der Waals surface area contributed by atoms with E-state index in [9.17, 15) is 5.11 Å². The topological polar surface area (TPSA) is 101 Å². The average molecular weight is 358 g/mol. The first-order valence-corrected chi connectivity index (χ1v) is 7.59. The number of methoxy groups -OCH3 is 4. The highest BCUT2D eigenvalue weighted by atomic mass is 16.5. The normalized spacial score (nSPS) is 10.5. The number of hydrogen-bond donors (Lipinski definition) is 1. The summed E-state index contributed by atoms with van der Waals surface area (Å²) in [4.78, 5) is 0. The van der Waals surface area contributed by atoms with Gasteiger partial charge in [-0.1, -0.05) is 0 Å². The van der Waals surface area contributed by atoms with Crippen molar-refractivity contribution in [3.8, 4) is 45.8 Å². The number of ether oxygens (including phenoxy) is 4. The largest absolute Gasteiger partial charge is 0.507 e. The second kappa shape index (κ2) is 7.18. The number of rotatable bonds is 6. The molecule has 0 saturated heterocycles. The summed E-state index contributed by atoms with van der Waals surface area (Å²) in [5, 5.41) is 22.0. The van der Waals surface area contributed by atoms with Gasteiger partial charge in [-0.05, 0) is 22.6 Å². The zero-order valence-corrected chi connectivity index (χ0v) is 14.8. The van der Waals surface area contributed by atoms with Crippen molar-refractivity contribution in [2.45, 2.75) is 0 Å². The molecule has 3 aromatic rings. The molecule has 0 amide bonds. The Labute approximate surface area is 149 Å². The van der Waals surface area contributed by atoms with E-state index < -0.39 is 0 Å². The lowest BCUT2D eigenvalue weighted by Crippen LogP contribution is -2.03. The van der Waals surface area contributed by atoms with Crippen molar-refractivity contribution in [3.05, 3.63) is 30.3 Å². The number of tetrazole rings is 1. The van der Waals surface area contributed by atoms with Gasteiger partial charge < -0.3 is 24.1 Å². The van der Waals surface area contributed by atoms with E-state index in [4.69, 9.17) is 18.9 Å². The summed E-state index contributed by atoms with van der Waals surface area (Å²) in [5.41, 5.74) is 1.03. The van der Waals surface area contributed by atoms with Crippen LogP contribution in [0.4, 0.5) is 0 Å². The molecule has 9 nitrogen and oxygen atoms in total. The Hall–Kier alpha value is -3.49. The van der Waals surface area contributed by atoms with Crippen LogP contribution in [0.1, 0.15) is 0 Å². The van der Waals surface area contributed by atoms with Crippen molar-refractivity contribution in [1.82, 2.24) is 20.2 Å². The van der Waals surface area contributed by atoms with Crippen LogP contribution in [0.25, 0.3) is 17.1 Å². The number of hydrogen-bond acceptors (Lipinski definition) is 8. The van der Waals surface area contributed by atoms with Gasteiger partial charge in [0.15, 0.2) is 17.3 Å². The molecular formula is C17H18N4O5. The van der Waals surface area contributed by atoms with Crippen LogP contribution in [0, 0.1) is 0 Å². The van der Waals surface area contributed by atoms with Crippen LogP contribution in [0.15, 0.2) is 30.3 Å². The molecule has 3 rings (SSSR count). The molecule has 0 aliphatic rings. The van der Waals surface area contributed by atoms with Gasteiger partial charge in [0.05, 0.1) is 39.7 Å². The number of benzene rings is 2. The van der Waals surface area contributed by atoms with Crippen molar-refractivity contribution >= 4 is 0 Å². The first kappa shape index (κ1) is 17.3. The number of phenolic OH excluding ortho intramolecular Hbond substituents is 1. The molecule has 1 heterocycles. The van der Waals surface area contributed by atoms with Gasteiger partial charge in [-0.3, -0.25) is 0 Å². The lowest BCUT2D eigenvalue weighted by molar-refractivity contribution is 0.324. The zero-order valence-electron chi connectivity index (χ0n) is 14.8. The molecule has 0 fully saturated rings. The predicted molar refractivity (Wildman–Crippen MR) is 92.5 cm³/mol. The van der Waals surface area contributed by atoms with Crippen LogP contribution in [0.3, 0.4) is 0 Å².